The van der Waals surface area contributed by atoms with Gasteiger partial charge in [-0.05, 0) is 49.8 Å². The maximum atomic E-state index is 12.6. The summed E-state index contributed by atoms with van der Waals surface area (Å²) in [7, 11) is 5.02. The molecule has 0 unspecified atom stereocenters. The molecule has 0 aliphatic rings. The van der Waals surface area contributed by atoms with E-state index in [4.69, 9.17) is 9.47 Å². The van der Waals surface area contributed by atoms with E-state index < -0.39 is 0 Å². The van der Waals surface area contributed by atoms with Crippen LogP contribution in [0, 0.1) is 13.8 Å². The molecule has 0 saturated heterocycles. The SMILES string of the molecule is COc1ccc(CN(C)C(=O)CCc2c(C)nc(SC)nc2C)cc1OC. The summed E-state index contributed by atoms with van der Waals surface area (Å²) in [5.74, 6) is 1.42. The van der Waals surface area contributed by atoms with Crippen LogP contribution in [0.2, 0.25) is 0 Å². The number of aromatic nitrogens is 2. The Bertz CT molecular complexity index is 788. The van der Waals surface area contributed by atoms with Crippen molar-refractivity contribution in [1.82, 2.24) is 14.9 Å². The summed E-state index contributed by atoms with van der Waals surface area (Å²) >= 11 is 1.53. The van der Waals surface area contributed by atoms with Crippen LogP contribution in [-0.4, -0.2) is 48.3 Å². The van der Waals surface area contributed by atoms with E-state index in [9.17, 15) is 4.79 Å². The topological polar surface area (TPSA) is 64.5 Å². The zero-order valence-corrected chi connectivity index (χ0v) is 17.6. The van der Waals surface area contributed by atoms with E-state index in [1.807, 2.05) is 45.4 Å². The normalized spacial score (nSPS) is 10.6. The van der Waals surface area contributed by atoms with Crippen molar-refractivity contribution in [3.05, 3.63) is 40.7 Å². The van der Waals surface area contributed by atoms with Crippen molar-refractivity contribution >= 4 is 17.7 Å². The van der Waals surface area contributed by atoms with Crippen molar-refractivity contribution in [2.24, 2.45) is 0 Å². The summed E-state index contributed by atoms with van der Waals surface area (Å²) < 4.78 is 10.6. The van der Waals surface area contributed by atoms with Crippen LogP contribution in [-0.2, 0) is 17.8 Å². The van der Waals surface area contributed by atoms with Crippen LogP contribution in [0.25, 0.3) is 0 Å². The third-order valence-corrected chi connectivity index (χ3v) is 5.01. The molecule has 0 fully saturated rings. The first-order valence-corrected chi connectivity index (χ1v) is 9.95. The zero-order valence-electron chi connectivity index (χ0n) is 16.8. The molecule has 27 heavy (non-hydrogen) atoms. The molecule has 1 heterocycles. The van der Waals surface area contributed by atoms with Crippen LogP contribution in [0.5, 0.6) is 11.5 Å². The van der Waals surface area contributed by atoms with Crippen molar-refractivity contribution in [2.75, 3.05) is 27.5 Å². The Morgan fingerprint density at radius 2 is 1.74 bits per heavy atom. The molecule has 0 atom stereocenters. The predicted molar refractivity (Wildman–Crippen MR) is 108 cm³/mol. The number of nitrogens with zero attached hydrogens (tertiary/aromatic N) is 3. The molecule has 0 radical (unpaired) electrons. The number of methoxy groups -OCH3 is 2. The monoisotopic (exact) mass is 389 g/mol. The van der Waals surface area contributed by atoms with Gasteiger partial charge in [-0.3, -0.25) is 4.79 Å². The average molecular weight is 390 g/mol. The van der Waals surface area contributed by atoms with E-state index in [0.29, 0.717) is 30.9 Å². The number of aryl methyl sites for hydroxylation is 2. The van der Waals surface area contributed by atoms with Crippen LogP contribution in [0.1, 0.15) is 28.9 Å². The summed E-state index contributed by atoms with van der Waals surface area (Å²) in [4.78, 5) is 23.3. The highest BCUT2D eigenvalue weighted by Gasteiger charge is 2.14. The van der Waals surface area contributed by atoms with E-state index in [0.717, 1.165) is 27.7 Å². The maximum absolute atomic E-state index is 12.6. The molecule has 0 saturated carbocycles. The molecule has 2 aromatic rings. The van der Waals surface area contributed by atoms with Gasteiger partial charge in [-0.1, -0.05) is 17.8 Å². The number of hydrogen-bond acceptors (Lipinski definition) is 6. The summed E-state index contributed by atoms with van der Waals surface area (Å²) in [6.07, 6.45) is 3.02. The van der Waals surface area contributed by atoms with E-state index in [-0.39, 0.29) is 5.91 Å². The number of hydrogen-bond donors (Lipinski definition) is 0. The van der Waals surface area contributed by atoms with Crippen LogP contribution in [0.3, 0.4) is 0 Å². The molecule has 2 rings (SSSR count). The highest BCUT2D eigenvalue weighted by molar-refractivity contribution is 7.98. The van der Waals surface area contributed by atoms with Gasteiger partial charge in [0.25, 0.3) is 0 Å². The number of ether oxygens (including phenoxy) is 2. The van der Waals surface area contributed by atoms with Crippen LogP contribution in [0.15, 0.2) is 23.4 Å². The lowest BCUT2D eigenvalue weighted by molar-refractivity contribution is -0.130. The summed E-state index contributed by atoms with van der Waals surface area (Å²) in [5.41, 5.74) is 3.94. The Morgan fingerprint density at radius 1 is 1.11 bits per heavy atom. The highest BCUT2D eigenvalue weighted by Crippen LogP contribution is 2.28. The van der Waals surface area contributed by atoms with Gasteiger partial charge < -0.3 is 14.4 Å². The summed E-state index contributed by atoms with van der Waals surface area (Å²) in [6, 6.07) is 5.68. The van der Waals surface area contributed by atoms with Gasteiger partial charge in [-0.25, -0.2) is 9.97 Å². The van der Waals surface area contributed by atoms with Crippen LogP contribution >= 0.6 is 11.8 Å². The number of rotatable bonds is 8. The smallest absolute Gasteiger partial charge is 0.222 e. The fraction of sp³-hybridized carbons (Fsp3) is 0.450. The Balaban J connectivity index is 2.00. The average Bonchev–Trinajstić information content (AvgIpc) is 2.66. The predicted octanol–water partition coefficient (Wildman–Crippen LogP) is 3.42. The van der Waals surface area contributed by atoms with Gasteiger partial charge in [0, 0.05) is 31.4 Å². The van der Waals surface area contributed by atoms with Crippen LogP contribution in [0.4, 0.5) is 0 Å². The van der Waals surface area contributed by atoms with Crippen molar-refractivity contribution in [1.29, 1.82) is 0 Å². The minimum atomic E-state index is 0.0810. The first kappa shape index (κ1) is 21.0. The molecule has 6 nitrogen and oxygen atoms in total. The maximum Gasteiger partial charge on any atom is 0.222 e. The second-order valence-electron chi connectivity index (χ2n) is 6.30. The second-order valence-corrected chi connectivity index (χ2v) is 7.07. The molecule has 7 heteroatoms. The number of carbonyl (C=O) groups is 1. The number of carbonyl (C=O) groups excluding carboxylic acids is 1. The number of thioether (sulfide) groups is 1. The lowest BCUT2D eigenvalue weighted by Gasteiger charge is -2.19. The Labute approximate surface area is 165 Å². The number of benzene rings is 1. The third-order valence-electron chi connectivity index (χ3n) is 4.47. The standard InChI is InChI=1S/C20H27N3O3S/c1-13-16(14(2)22-20(21-13)27-6)8-10-19(24)23(3)12-15-7-9-17(25-4)18(11-15)26-5/h7,9,11H,8,10,12H2,1-6H3. The van der Waals surface area contributed by atoms with Crippen molar-refractivity contribution in [2.45, 2.75) is 38.4 Å². The van der Waals surface area contributed by atoms with E-state index >= 15 is 0 Å². The Hall–Kier alpha value is -2.28. The molecule has 1 aromatic heterocycles. The summed E-state index contributed by atoms with van der Waals surface area (Å²) in [6.45, 7) is 4.46. The second kappa shape index (κ2) is 9.60. The van der Waals surface area contributed by atoms with Crippen molar-refractivity contribution < 1.29 is 14.3 Å². The lowest BCUT2D eigenvalue weighted by Crippen LogP contribution is -2.26. The molecule has 0 bridgehead atoms. The van der Waals surface area contributed by atoms with Gasteiger partial charge in [0.2, 0.25) is 5.91 Å². The largest absolute Gasteiger partial charge is 0.493 e. The van der Waals surface area contributed by atoms with E-state index in [1.54, 1.807) is 19.1 Å². The lowest BCUT2D eigenvalue weighted by atomic mass is 10.1. The summed E-state index contributed by atoms with van der Waals surface area (Å²) in [5, 5.41) is 0.769. The van der Waals surface area contributed by atoms with Crippen molar-refractivity contribution in [3.8, 4) is 11.5 Å². The molecule has 146 valence electrons. The molecule has 1 amide bonds. The van der Waals surface area contributed by atoms with Crippen molar-refractivity contribution in [3.63, 3.8) is 0 Å². The Kier molecular flexibility index (Phi) is 7.47. The van der Waals surface area contributed by atoms with E-state index in [1.165, 1.54) is 11.8 Å². The van der Waals surface area contributed by atoms with E-state index in [2.05, 4.69) is 9.97 Å². The molecule has 0 N–H and O–H groups in total. The zero-order chi connectivity index (χ0) is 20.0. The fourth-order valence-electron chi connectivity index (χ4n) is 2.93. The van der Waals surface area contributed by atoms with Gasteiger partial charge in [-0.15, -0.1) is 0 Å². The molecule has 0 spiro atoms. The molecular formula is C20H27N3O3S. The molecule has 0 aliphatic heterocycles. The fourth-order valence-corrected chi connectivity index (χ4v) is 3.38. The van der Waals surface area contributed by atoms with Gasteiger partial charge in [0.05, 0.1) is 14.2 Å². The van der Waals surface area contributed by atoms with Crippen LogP contribution < -0.4 is 9.47 Å². The number of amides is 1. The van der Waals surface area contributed by atoms with Gasteiger partial charge in [0.15, 0.2) is 16.7 Å². The molecular weight excluding hydrogens is 362 g/mol. The first-order valence-electron chi connectivity index (χ1n) is 8.72. The van der Waals surface area contributed by atoms with Gasteiger partial charge in [-0.2, -0.15) is 0 Å². The molecule has 0 aliphatic carbocycles. The quantitative estimate of drug-likeness (QED) is 0.509. The highest BCUT2D eigenvalue weighted by atomic mass is 32.2. The Morgan fingerprint density at radius 3 is 2.30 bits per heavy atom. The molecule has 1 aromatic carbocycles. The minimum Gasteiger partial charge on any atom is -0.493 e. The van der Waals surface area contributed by atoms with Gasteiger partial charge in [0.1, 0.15) is 0 Å². The first-order chi connectivity index (χ1) is 12.9. The minimum absolute atomic E-state index is 0.0810. The van der Waals surface area contributed by atoms with Gasteiger partial charge >= 0.3 is 0 Å². The third kappa shape index (κ3) is 5.35.